The Labute approximate surface area is 193 Å². The summed E-state index contributed by atoms with van der Waals surface area (Å²) in [7, 11) is 0. The summed E-state index contributed by atoms with van der Waals surface area (Å²) >= 11 is 0. The molecule has 0 aromatic heterocycles. The van der Waals surface area contributed by atoms with Gasteiger partial charge in [0.2, 0.25) is 5.91 Å². The number of carbonyl (C=O) groups excluding carboxylic acids is 2. The van der Waals surface area contributed by atoms with Crippen LogP contribution < -0.4 is 10.6 Å². The molecule has 4 N–H and O–H groups in total. The van der Waals surface area contributed by atoms with Gasteiger partial charge in [0.05, 0.1) is 12.5 Å². The van der Waals surface area contributed by atoms with E-state index in [1.807, 2.05) is 50.2 Å². The molecule has 0 heterocycles. The Hall–Kier alpha value is -3.39. The second-order valence-electron chi connectivity index (χ2n) is 8.61. The number of carboxylic acid groups (broad SMARTS) is 1. The van der Waals surface area contributed by atoms with Crippen LogP contribution in [0.1, 0.15) is 37.3 Å². The number of ether oxygens (including phenoxy) is 1. The molecule has 0 aliphatic heterocycles. The molecule has 0 spiro atoms. The number of fused-ring (bicyclic) bond motifs is 3. The molecule has 3 rings (SSSR count). The molecule has 0 fully saturated rings. The first-order chi connectivity index (χ1) is 15.8. The Balaban J connectivity index is 1.59. The fourth-order valence-electron chi connectivity index (χ4n) is 4.18. The zero-order chi connectivity index (χ0) is 24.0. The molecule has 2 aromatic carbocycles. The van der Waals surface area contributed by atoms with Crippen molar-refractivity contribution in [1.29, 1.82) is 0 Å². The maximum atomic E-state index is 12.5. The van der Waals surface area contributed by atoms with Crippen LogP contribution in [0.4, 0.5) is 4.79 Å². The van der Waals surface area contributed by atoms with Gasteiger partial charge in [-0.15, -0.1) is 0 Å². The standard InChI is InChI=1S/C25H30N2O6/c1-15(2)11-16(23(29)27-22(13-28)24(30)31)12-26-25(32)33-14-21-19-9-5-3-7-17(19)18-8-4-6-10-20(18)21/h3-10,15-16,21-22,28H,11-14H2,1-2H3,(H,26,32)(H,27,29)(H,30,31). The minimum Gasteiger partial charge on any atom is -0.480 e. The van der Waals surface area contributed by atoms with Gasteiger partial charge >= 0.3 is 12.1 Å². The molecule has 2 unspecified atom stereocenters. The van der Waals surface area contributed by atoms with Gasteiger partial charge in [-0.05, 0) is 34.6 Å². The molecule has 1 aliphatic rings. The summed E-state index contributed by atoms with van der Waals surface area (Å²) in [5.41, 5.74) is 4.47. The second-order valence-corrected chi connectivity index (χ2v) is 8.61. The number of nitrogens with one attached hydrogen (secondary N) is 2. The van der Waals surface area contributed by atoms with Crippen LogP contribution in [-0.4, -0.2) is 54.0 Å². The van der Waals surface area contributed by atoms with Gasteiger partial charge in [0.1, 0.15) is 12.6 Å². The Kier molecular flexibility index (Phi) is 8.06. The third-order valence-electron chi connectivity index (χ3n) is 5.76. The minimum atomic E-state index is -1.39. The van der Waals surface area contributed by atoms with Crippen molar-refractivity contribution >= 4 is 18.0 Å². The van der Waals surface area contributed by atoms with E-state index >= 15 is 0 Å². The number of aliphatic carboxylic acids is 1. The fraction of sp³-hybridized carbons (Fsp3) is 0.400. The van der Waals surface area contributed by atoms with E-state index in [1.54, 1.807) is 0 Å². The summed E-state index contributed by atoms with van der Waals surface area (Å²) in [5, 5.41) is 23.2. The molecule has 8 heteroatoms. The molecule has 0 saturated heterocycles. The first kappa shape index (κ1) is 24.3. The summed E-state index contributed by atoms with van der Waals surface area (Å²) in [5.74, 6) is -2.44. The monoisotopic (exact) mass is 454 g/mol. The van der Waals surface area contributed by atoms with Crippen molar-refractivity contribution in [2.45, 2.75) is 32.2 Å². The maximum absolute atomic E-state index is 12.5. The number of carbonyl (C=O) groups is 3. The van der Waals surface area contributed by atoms with Crippen LogP contribution in [0.15, 0.2) is 48.5 Å². The predicted octanol–water partition coefficient (Wildman–Crippen LogP) is 2.75. The van der Waals surface area contributed by atoms with E-state index < -0.39 is 36.5 Å². The van der Waals surface area contributed by atoms with Crippen molar-refractivity contribution in [1.82, 2.24) is 10.6 Å². The quantitative estimate of drug-likeness (QED) is 0.438. The van der Waals surface area contributed by atoms with E-state index in [0.29, 0.717) is 6.42 Å². The topological polar surface area (TPSA) is 125 Å². The van der Waals surface area contributed by atoms with E-state index in [-0.39, 0.29) is 25.0 Å². The van der Waals surface area contributed by atoms with E-state index in [0.717, 1.165) is 22.3 Å². The molecule has 2 amide bonds. The fourth-order valence-corrected chi connectivity index (χ4v) is 4.18. The summed E-state index contributed by atoms with van der Waals surface area (Å²) in [4.78, 5) is 36.1. The average molecular weight is 455 g/mol. The van der Waals surface area contributed by atoms with Crippen molar-refractivity contribution in [3.63, 3.8) is 0 Å². The summed E-state index contributed by atoms with van der Waals surface area (Å²) in [6.07, 6.45) is -0.205. The number of alkyl carbamates (subject to hydrolysis) is 1. The van der Waals surface area contributed by atoms with E-state index in [4.69, 9.17) is 14.9 Å². The number of aliphatic hydroxyl groups is 1. The first-order valence-electron chi connectivity index (χ1n) is 11.0. The highest BCUT2D eigenvalue weighted by Crippen LogP contribution is 2.44. The molecule has 33 heavy (non-hydrogen) atoms. The van der Waals surface area contributed by atoms with Gasteiger partial charge in [-0.2, -0.15) is 0 Å². The Morgan fingerprint density at radius 2 is 1.58 bits per heavy atom. The molecule has 176 valence electrons. The molecule has 0 saturated carbocycles. The van der Waals surface area contributed by atoms with Gasteiger partial charge in [-0.3, -0.25) is 4.79 Å². The van der Waals surface area contributed by atoms with Crippen molar-refractivity contribution in [2.75, 3.05) is 19.8 Å². The molecular formula is C25H30N2O6. The number of carboxylic acids is 1. The third kappa shape index (κ3) is 5.90. The zero-order valence-electron chi connectivity index (χ0n) is 18.8. The Morgan fingerprint density at radius 1 is 1.00 bits per heavy atom. The van der Waals surface area contributed by atoms with Crippen LogP contribution in [0.25, 0.3) is 11.1 Å². The number of hydrogen-bond acceptors (Lipinski definition) is 5. The number of benzene rings is 2. The number of hydrogen-bond donors (Lipinski definition) is 4. The lowest BCUT2D eigenvalue weighted by Crippen LogP contribution is -2.48. The SMILES string of the molecule is CC(C)CC(CNC(=O)OCC1c2ccccc2-c2ccccc21)C(=O)NC(CO)C(=O)O. The van der Waals surface area contributed by atoms with Crippen molar-refractivity contribution in [2.24, 2.45) is 11.8 Å². The summed E-state index contributed by atoms with van der Waals surface area (Å²) in [6.45, 7) is 3.29. The van der Waals surface area contributed by atoms with Crippen LogP contribution in [0, 0.1) is 11.8 Å². The highest BCUT2D eigenvalue weighted by Gasteiger charge is 2.30. The highest BCUT2D eigenvalue weighted by molar-refractivity contribution is 5.85. The molecule has 1 aliphatic carbocycles. The van der Waals surface area contributed by atoms with E-state index in [1.165, 1.54) is 0 Å². The minimum absolute atomic E-state index is 0.00153. The van der Waals surface area contributed by atoms with Gasteiger partial charge in [0.25, 0.3) is 0 Å². The van der Waals surface area contributed by atoms with Crippen molar-refractivity contribution < 1.29 is 29.3 Å². The first-order valence-corrected chi connectivity index (χ1v) is 11.0. The normalized spacial score (nSPS) is 14.2. The summed E-state index contributed by atoms with van der Waals surface area (Å²) < 4.78 is 5.50. The zero-order valence-corrected chi connectivity index (χ0v) is 18.8. The molecular weight excluding hydrogens is 424 g/mol. The molecule has 2 aromatic rings. The van der Waals surface area contributed by atoms with Gasteiger partial charge in [-0.25, -0.2) is 9.59 Å². The van der Waals surface area contributed by atoms with Crippen molar-refractivity contribution in [3.8, 4) is 11.1 Å². The maximum Gasteiger partial charge on any atom is 0.407 e. The van der Waals surface area contributed by atoms with E-state index in [9.17, 15) is 14.4 Å². The molecule has 2 atom stereocenters. The Bertz CT molecular complexity index is 960. The van der Waals surface area contributed by atoms with Gasteiger partial charge in [0, 0.05) is 12.5 Å². The third-order valence-corrected chi connectivity index (χ3v) is 5.76. The lowest BCUT2D eigenvalue weighted by atomic mass is 9.96. The predicted molar refractivity (Wildman–Crippen MR) is 123 cm³/mol. The average Bonchev–Trinajstić information content (AvgIpc) is 3.12. The smallest absolute Gasteiger partial charge is 0.407 e. The summed E-state index contributed by atoms with van der Waals surface area (Å²) in [6, 6.07) is 14.7. The number of aliphatic hydroxyl groups excluding tert-OH is 1. The lowest BCUT2D eigenvalue weighted by molar-refractivity contribution is -0.143. The second kappa shape index (κ2) is 11.0. The van der Waals surface area contributed by atoms with Crippen LogP contribution >= 0.6 is 0 Å². The van der Waals surface area contributed by atoms with Crippen LogP contribution in [0.5, 0.6) is 0 Å². The largest absolute Gasteiger partial charge is 0.480 e. The number of rotatable bonds is 10. The number of amides is 2. The highest BCUT2D eigenvalue weighted by atomic mass is 16.5. The van der Waals surface area contributed by atoms with Crippen LogP contribution in [0.3, 0.4) is 0 Å². The molecule has 0 bridgehead atoms. The van der Waals surface area contributed by atoms with Crippen molar-refractivity contribution in [3.05, 3.63) is 59.7 Å². The van der Waals surface area contributed by atoms with Gasteiger partial charge < -0.3 is 25.6 Å². The lowest BCUT2D eigenvalue weighted by Gasteiger charge is -2.21. The van der Waals surface area contributed by atoms with Crippen LogP contribution in [-0.2, 0) is 14.3 Å². The molecule has 0 radical (unpaired) electrons. The van der Waals surface area contributed by atoms with E-state index in [2.05, 4.69) is 22.8 Å². The van der Waals surface area contributed by atoms with Gasteiger partial charge in [-0.1, -0.05) is 62.4 Å². The molecule has 8 nitrogen and oxygen atoms in total. The Morgan fingerprint density at radius 3 is 2.09 bits per heavy atom. The van der Waals surface area contributed by atoms with Gasteiger partial charge in [0.15, 0.2) is 0 Å². The van der Waals surface area contributed by atoms with Crippen LogP contribution in [0.2, 0.25) is 0 Å².